The van der Waals surface area contributed by atoms with Crippen molar-refractivity contribution >= 4 is 34.9 Å². The number of carbonyl (C=O) groups is 2. The van der Waals surface area contributed by atoms with Gasteiger partial charge in [-0.1, -0.05) is 31.5 Å². The second kappa shape index (κ2) is 9.71. The van der Waals surface area contributed by atoms with E-state index < -0.39 is 6.04 Å². The Balaban J connectivity index is 1.49. The summed E-state index contributed by atoms with van der Waals surface area (Å²) in [5, 5.41) is 9.95. The second-order valence-corrected chi connectivity index (χ2v) is 9.81. The number of methoxy groups -OCH3 is 1. The predicted octanol–water partition coefficient (Wildman–Crippen LogP) is 4.02. The van der Waals surface area contributed by atoms with Crippen molar-refractivity contribution in [3.63, 3.8) is 0 Å². The molecule has 2 heterocycles. The molecule has 33 heavy (non-hydrogen) atoms. The number of halogens is 1. The molecular weight excluding hydrogens is 440 g/mol. The molecule has 176 valence electrons. The number of ether oxygens (including phenoxy) is 1. The van der Waals surface area contributed by atoms with Crippen molar-refractivity contribution in [1.29, 1.82) is 0 Å². The molecular formula is C25H31ClN4O3. The van der Waals surface area contributed by atoms with Crippen molar-refractivity contribution in [3.05, 3.63) is 58.6 Å². The summed E-state index contributed by atoms with van der Waals surface area (Å²) in [7, 11) is 1.60. The van der Waals surface area contributed by atoms with Gasteiger partial charge < -0.3 is 25.6 Å². The Kier molecular flexibility index (Phi) is 6.93. The lowest BCUT2D eigenvalue weighted by molar-refractivity contribution is -0.119. The summed E-state index contributed by atoms with van der Waals surface area (Å²) in [6.07, 6.45) is 1.15. The third-order valence-corrected chi connectivity index (χ3v) is 6.75. The first kappa shape index (κ1) is 23.5. The average molecular weight is 471 g/mol. The van der Waals surface area contributed by atoms with Gasteiger partial charge in [0.1, 0.15) is 6.04 Å². The number of hydrogen-bond donors (Lipinski definition) is 3. The fourth-order valence-corrected chi connectivity index (χ4v) is 4.78. The Bertz CT molecular complexity index is 1020. The van der Waals surface area contributed by atoms with Crippen LogP contribution in [0.1, 0.15) is 31.4 Å². The van der Waals surface area contributed by atoms with E-state index in [9.17, 15) is 9.59 Å². The van der Waals surface area contributed by atoms with Crippen LogP contribution in [0.25, 0.3) is 0 Å². The lowest BCUT2D eigenvalue weighted by Gasteiger charge is -2.26. The largest absolute Gasteiger partial charge is 0.380 e. The minimum absolute atomic E-state index is 0.0298. The van der Waals surface area contributed by atoms with Crippen LogP contribution in [0.2, 0.25) is 5.02 Å². The molecule has 0 aliphatic carbocycles. The van der Waals surface area contributed by atoms with E-state index in [4.69, 9.17) is 16.3 Å². The molecule has 7 nitrogen and oxygen atoms in total. The van der Waals surface area contributed by atoms with Gasteiger partial charge in [-0.05, 0) is 60.5 Å². The summed E-state index contributed by atoms with van der Waals surface area (Å²) in [6.45, 7) is 6.62. The van der Waals surface area contributed by atoms with Crippen LogP contribution in [0, 0.1) is 0 Å². The quantitative estimate of drug-likeness (QED) is 0.630. The number of rotatable bonds is 4. The molecule has 2 aliphatic heterocycles. The van der Waals surface area contributed by atoms with E-state index in [1.807, 2.05) is 6.07 Å². The first-order valence-corrected chi connectivity index (χ1v) is 11.7. The molecule has 3 N–H and O–H groups in total. The maximum atomic E-state index is 13.2. The van der Waals surface area contributed by atoms with E-state index >= 15 is 0 Å². The first-order chi connectivity index (χ1) is 15.8. The normalized spacial score (nSPS) is 21.8. The minimum atomic E-state index is -0.626. The third kappa shape index (κ3) is 5.32. The number of fused-ring (bicyclic) bond motifs is 1. The minimum Gasteiger partial charge on any atom is -0.380 e. The Morgan fingerprint density at radius 1 is 1.12 bits per heavy atom. The van der Waals surface area contributed by atoms with E-state index in [0.29, 0.717) is 23.7 Å². The second-order valence-electron chi connectivity index (χ2n) is 9.37. The summed E-state index contributed by atoms with van der Waals surface area (Å²) in [6, 6.07) is 12.0. The van der Waals surface area contributed by atoms with Gasteiger partial charge in [-0.15, -0.1) is 0 Å². The molecule has 8 heteroatoms. The van der Waals surface area contributed by atoms with Crippen LogP contribution in [0.3, 0.4) is 0 Å². The topological polar surface area (TPSA) is 82.7 Å². The fourth-order valence-electron chi connectivity index (χ4n) is 4.65. The van der Waals surface area contributed by atoms with Crippen LogP contribution in [-0.2, 0) is 21.4 Å². The zero-order chi connectivity index (χ0) is 23.6. The van der Waals surface area contributed by atoms with Crippen LogP contribution in [0.4, 0.5) is 16.2 Å². The molecule has 2 aromatic rings. The van der Waals surface area contributed by atoms with Gasteiger partial charge >= 0.3 is 6.03 Å². The highest BCUT2D eigenvalue weighted by molar-refractivity contribution is 6.30. The van der Waals surface area contributed by atoms with Gasteiger partial charge in [0.15, 0.2) is 0 Å². The molecule has 2 aromatic carbocycles. The van der Waals surface area contributed by atoms with Crippen LogP contribution >= 0.6 is 11.6 Å². The third-order valence-electron chi connectivity index (χ3n) is 6.50. The number of carbonyl (C=O) groups excluding carboxylic acids is 2. The Morgan fingerprint density at radius 2 is 1.85 bits per heavy atom. The molecule has 0 bridgehead atoms. The van der Waals surface area contributed by atoms with Crippen molar-refractivity contribution in [3.8, 4) is 0 Å². The van der Waals surface area contributed by atoms with E-state index in [0.717, 1.165) is 25.2 Å². The SMILES string of the molecule is COC1CC(C(=O)Nc2ccc3c(c2)CCNCC3(C)C)N(C(=O)Nc2ccc(Cl)cc2)C1. The number of benzene rings is 2. The smallest absolute Gasteiger partial charge is 0.322 e. The lowest BCUT2D eigenvalue weighted by atomic mass is 9.82. The number of likely N-dealkylation sites (tertiary alicyclic amines) is 1. The molecule has 0 spiro atoms. The molecule has 0 aromatic heterocycles. The highest BCUT2D eigenvalue weighted by Crippen LogP contribution is 2.31. The molecule has 4 rings (SSSR count). The average Bonchev–Trinajstić information content (AvgIpc) is 3.17. The summed E-state index contributed by atoms with van der Waals surface area (Å²) in [5.41, 5.74) is 3.93. The van der Waals surface area contributed by atoms with Crippen molar-refractivity contribution in [2.24, 2.45) is 0 Å². The van der Waals surface area contributed by atoms with Crippen molar-refractivity contribution < 1.29 is 14.3 Å². The first-order valence-electron chi connectivity index (χ1n) is 11.3. The van der Waals surface area contributed by atoms with Crippen LogP contribution in [-0.4, -0.2) is 55.7 Å². The van der Waals surface area contributed by atoms with Crippen molar-refractivity contribution in [1.82, 2.24) is 10.2 Å². The summed E-state index contributed by atoms with van der Waals surface area (Å²) in [4.78, 5) is 27.7. The number of nitrogens with zero attached hydrogens (tertiary/aromatic N) is 1. The predicted molar refractivity (Wildman–Crippen MR) is 131 cm³/mol. The summed E-state index contributed by atoms with van der Waals surface area (Å²) >= 11 is 5.93. The molecule has 2 aliphatic rings. The standard InChI is InChI=1S/C25H31ClN4O3/c1-25(2)15-27-11-10-16-12-19(8-9-21(16)25)28-23(31)22-13-20(33-3)14-30(22)24(32)29-18-6-4-17(26)5-7-18/h4-9,12,20,22,27H,10-11,13-15H2,1-3H3,(H,28,31)(H,29,32). The van der Waals surface area contributed by atoms with E-state index in [1.54, 1.807) is 31.4 Å². The highest BCUT2D eigenvalue weighted by atomic mass is 35.5. The number of urea groups is 1. The molecule has 2 unspecified atom stereocenters. The summed E-state index contributed by atoms with van der Waals surface area (Å²) < 4.78 is 5.47. The zero-order valence-corrected chi connectivity index (χ0v) is 20.0. The van der Waals surface area contributed by atoms with Crippen molar-refractivity contribution in [2.45, 2.75) is 44.2 Å². The van der Waals surface area contributed by atoms with Gasteiger partial charge in [0, 0.05) is 48.4 Å². The molecule has 3 amide bonds. The highest BCUT2D eigenvalue weighted by Gasteiger charge is 2.40. The number of hydrogen-bond acceptors (Lipinski definition) is 4. The van der Waals surface area contributed by atoms with Gasteiger partial charge in [0.05, 0.1) is 6.10 Å². The number of amides is 3. The molecule has 0 saturated carbocycles. The van der Waals surface area contributed by atoms with Crippen LogP contribution < -0.4 is 16.0 Å². The van der Waals surface area contributed by atoms with Crippen molar-refractivity contribution in [2.75, 3.05) is 37.4 Å². The van der Waals surface area contributed by atoms with Crippen LogP contribution in [0.15, 0.2) is 42.5 Å². The molecule has 1 saturated heterocycles. The Morgan fingerprint density at radius 3 is 2.58 bits per heavy atom. The summed E-state index contributed by atoms with van der Waals surface area (Å²) in [5.74, 6) is -0.216. The maximum absolute atomic E-state index is 13.2. The molecule has 1 fully saturated rings. The van der Waals surface area contributed by atoms with Crippen LogP contribution in [0.5, 0.6) is 0 Å². The number of anilines is 2. The molecule has 2 atom stereocenters. The Hall–Kier alpha value is -2.61. The van der Waals surface area contributed by atoms with Gasteiger partial charge in [-0.3, -0.25) is 4.79 Å². The van der Waals surface area contributed by atoms with E-state index in [-0.39, 0.29) is 23.5 Å². The zero-order valence-electron chi connectivity index (χ0n) is 19.3. The monoisotopic (exact) mass is 470 g/mol. The van der Waals surface area contributed by atoms with Gasteiger partial charge in [0.25, 0.3) is 0 Å². The Labute approximate surface area is 199 Å². The lowest BCUT2D eigenvalue weighted by Crippen LogP contribution is -2.45. The van der Waals surface area contributed by atoms with E-state index in [2.05, 4.69) is 41.9 Å². The van der Waals surface area contributed by atoms with Gasteiger partial charge in [-0.25, -0.2) is 4.79 Å². The molecule has 0 radical (unpaired) electrons. The fraction of sp³-hybridized carbons (Fsp3) is 0.440. The van der Waals surface area contributed by atoms with E-state index in [1.165, 1.54) is 16.0 Å². The van der Waals surface area contributed by atoms with Gasteiger partial charge in [0.2, 0.25) is 5.91 Å². The number of nitrogens with one attached hydrogen (secondary N) is 3. The maximum Gasteiger partial charge on any atom is 0.322 e. The van der Waals surface area contributed by atoms with Gasteiger partial charge in [-0.2, -0.15) is 0 Å².